The predicted octanol–water partition coefficient (Wildman–Crippen LogP) is 2.13. The molecule has 1 aromatic heterocycles. The van der Waals surface area contributed by atoms with Gasteiger partial charge in [-0.05, 0) is 45.0 Å². The molecule has 0 saturated heterocycles. The zero-order chi connectivity index (χ0) is 18.6. The van der Waals surface area contributed by atoms with Crippen LogP contribution in [0.25, 0.3) is 0 Å². The summed E-state index contributed by atoms with van der Waals surface area (Å²) in [6.07, 6.45) is -0.930. The van der Waals surface area contributed by atoms with Gasteiger partial charge in [0.1, 0.15) is 11.6 Å². The normalized spacial score (nSPS) is 11.7. The molecular formula is C17H20FN3O4. The lowest BCUT2D eigenvalue weighted by molar-refractivity contribution is -0.153. The number of nitrogens with zero attached hydrogens (tertiary/aromatic N) is 2. The summed E-state index contributed by atoms with van der Waals surface area (Å²) in [6.45, 7) is 4.64. The molecule has 2 rings (SSSR count). The molecule has 0 saturated carbocycles. The third-order valence-corrected chi connectivity index (χ3v) is 3.58. The van der Waals surface area contributed by atoms with Crippen LogP contribution in [-0.2, 0) is 21.4 Å². The average Bonchev–Trinajstić information content (AvgIpc) is 2.81. The number of halogens is 1. The quantitative estimate of drug-likeness (QED) is 0.808. The highest BCUT2D eigenvalue weighted by atomic mass is 19.1. The zero-order valence-corrected chi connectivity index (χ0v) is 14.5. The summed E-state index contributed by atoms with van der Waals surface area (Å²) in [5.74, 6) is -1.24. The van der Waals surface area contributed by atoms with Crippen molar-refractivity contribution >= 4 is 17.6 Å². The van der Waals surface area contributed by atoms with E-state index in [0.29, 0.717) is 17.1 Å². The molecule has 0 radical (unpaired) electrons. The smallest absolute Gasteiger partial charge is 0.347 e. The maximum Gasteiger partial charge on any atom is 0.347 e. The Balaban J connectivity index is 1.84. The molecule has 1 atom stereocenters. The summed E-state index contributed by atoms with van der Waals surface area (Å²) in [4.78, 5) is 23.8. The van der Waals surface area contributed by atoms with Gasteiger partial charge >= 0.3 is 5.97 Å². The van der Waals surface area contributed by atoms with E-state index < -0.39 is 30.4 Å². The fraction of sp³-hybridized carbons (Fsp3) is 0.353. The van der Waals surface area contributed by atoms with Gasteiger partial charge < -0.3 is 14.8 Å². The number of nitrogens with one attached hydrogen (secondary N) is 1. The molecule has 1 N–H and O–H groups in total. The van der Waals surface area contributed by atoms with Gasteiger partial charge in [0.15, 0.2) is 12.7 Å². The second-order valence-electron chi connectivity index (χ2n) is 5.54. The highest BCUT2D eigenvalue weighted by molar-refractivity contribution is 5.94. The van der Waals surface area contributed by atoms with Gasteiger partial charge in [-0.3, -0.25) is 9.48 Å². The minimum Gasteiger partial charge on any atom is -0.479 e. The van der Waals surface area contributed by atoms with Gasteiger partial charge in [-0.2, -0.15) is 5.10 Å². The van der Waals surface area contributed by atoms with E-state index in [4.69, 9.17) is 9.47 Å². The molecule has 1 heterocycles. The summed E-state index contributed by atoms with van der Waals surface area (Å²) in [6, 6.07) is 5.25. The summed E-state index contributed by atoms with van der Waals surface area (Å²) in [5.41, 5.74) is 2.07. The molecule has 0 spiro atoms. The predicted molar refractivity (Wildman–Crippen MR) is 88.8 cm³/mol. The van der Waals surface area contributed by atoms with Crippen LogP contribution in [0.4, 0.5) is 10.1 Å². The Hall–Kier alpha value is -2.90. The molecule has 0 unspecified atom stereocenters. The minimum atomic E-state index is -0.930. The molecule has 0 bridgehead atoms. The van der Waals surface area contributed by atoms with Gasteiger partial charge in [-0.1, -0.05) is 0 Å². The van der Waals surface area contributed by atoms with E-state index in [9.17, 15) is 14.0 Å². The number of carbonyl (C=O) groups excluding carboxylic acids is 2. The van der Waals surface area contributed by atoms with E-state index in [1.807, 2.05) is 6.92 Å². The second kappa shape index (κ2) is 7.78. The molecule has 8 heteroatoms. The molecule has 0 fully saturated rings. The van der Waals surface area contributed by atoms with Gasteiger partial charge in [0.25, 0.3) is 5.91 Å². The average molecular weight is 349 g/mol. The number of amides is 1. The summed E-state index contributed by atoms with van der Waals surface area (Å²) < 4.78 is 24.8. The lowest BCUT2D eigenvalue weighted by Crippen LogP contribution is -2.29. The first kappa shape index (κ1) is 18.4. The van der Waals surface area contributed by atoms with Crippen molar-refractivity contribution in [2.24, 2.45) is 7.05 Å². The minimum absolute atomic E-state index is 0.330. The van der Waals surface area contributed by atoms with Crippen LogP contribution in [-0.4, -0.2) is 34.4 Å². The molecule has 7 nitrogen and oxygen atoms in total. The van der Waals surface area contributed by atoms with Crippen LogP contribution < -0.4 is 10.1 Å². The third kappa shape index (κ3) is 4.79. The van der Waals surface area contributed by atoms with Crippen LogP contribution in [0.5, 0.6) is 5.75 Å². The molecule has 0 aliphatic rings. The highest BCUT2D eigenvalue weighted by Crippen LogP contribution is 2.18. The van der Waals surface area contributed by atoms with Crippen molar-refractivity contribution in [2.45, 2.75) is 26.9 Å². The Morgan fingerprint density at radius 3 is 2.48 bits per heavy atom. The van der Waals surface area contributed by atoms with Gasteiger partial charge in [-0.25, -0.2) is 9.18 Å². The summed E-state index contributed by atoms with van der Waals surface area (Å²) in [7, 11) is 1.77. The number of hydrogen-bond acceptors (Lipinski definition) is 5. The van der Waals surface area contributed by atoms with Crippen LogP contribution in [0.3, 0.4) is 0 Å². The number of rotatable bonds is 6. The molecule has 134 valence electrons. The van der Waals surface area contributed by atoms with Crippen molar-refractivity contribution in [1.29, 1.82) is 0 Å². The topological polar surface area (TPSA) is 82.5 Å². The molecule has 1 amide bonds. The van der Waals surface area contributed by atoms with Crippen molar-refractivity contribution in [3.63, 3.8) is 0 Å². The highest BCUT2D eigenvalue weighted by Gasteiger charge is 2.19. The van der Waals surface area contributed by atoms with E-state index >= 15 is 0 Å². The molecule has 1 aromatic carbocycles. The van der Waals surface area contributed by atoms with Crippen LogP contribution in [0.2, 0.25) is 0 Å². The van der Waals surface area contributed by atoms with Crippen molar-refractivity contribution < 1.29 is 23.5 Å². The second-order valence-corrected chi connectivity index (χ2v) is 5.54. The lowest BCUT2D eigenvalue weighted by Gasteiger charge is -2.14. The van der Waals surface area contributed by atoms with Gasteiger partial charge in [0.05, 0.1) is 17.1 Å². The summed E-state index contributed by atoms with van der Waals surface area (Å²) in [5, 5.41) is 6.86. The van der Waals surface area contributed by atoms with Crippen molar-refractivity contribution in [3.05, 3.63) is 41.5 Å². The standard InChI is InChI=1S/C17H20FN3O4/c1-10-16(11(2)21(4)20-10)19-15(22)9-24-17(23)12(3)25-14-7-5-13(18)6-8-14/h5-8,12H,9H2,1-4H3,(H,19,22)/t12-/m1/s1. The van der Waals surface area contributed by atoms with E-state index in [2.05, 4.69) is 10.4 Å². The fourth-order valence-electron chi connectivity index (χ4n) is 2.15. The number of esters is 1. The van der Waals surface area contributed by atoms with Crippen molar-refractivity contribution in [1.82, 2.24) is 9.78 Å². The Bertz CT molecular complexity index is 771. The fourth-order valence-corrected chi connectivity index (χ4v) is 2.15. The SMILES string of the molecule is Cc1nn(C)c(C)c1NC(=O)COC(=O)[C@@H](C)Oc1ccc(F)cc1. The zero-order valence-electron chi connectivity index (χ0n) is 14.5. The molecule has 0 aliphatic carbocycles. The van der Waals surface area contributed by atoms with E-state index in [1.165, 1.54) is 31.2 Å². The molecular weight excluding hydrogens is 329 g/mol. The van der Waals surface area contributed by atoms with Crippen LogP contribution in [0.1, 0.15) is 18.3 Å². The Morgan fingerprint density at radius 1 is 1.28 bits per heavy atom. The Morgan fingerprint density at radius 2 is 1.92 bits per heavy atom. The Kier molecular flexibility index (Phi) is 5.74. The van der Waals surface area contributed by atoms with Gasteiger partial charge in [0, 0.05) is 7.05 Å². The van der Waals surface area contributed by atoms with E-state index in [0.717, 1.165) is 5.69 Å². The van der Waals surface area contributed by atoms with E-state index in [-0.39, 0.29) is 0 Å². The first-order valence-electron chi connectivity index (χ1n) is 7.67. The van der Waals surface area contributed by atoms with E-state index in [1.54, 1.807) is 18.7 Å². The van der Waals surface area contributed by atoms with Crippen LogP contribution >= 0.6 is 0 Å². The first-order chi connectivity index (χ1) is 11.8. The van der Waals surface area contributed by atoms with Gasteiger partial charge in [0.2, 0.25) is 0 Å². The number of anilines is 1. The maximum atomic E-state index is 12.8. The summed E-state index contributed by atoms with van der Waals surface area (Å²) >= 11 is 0. The maximum absolute atomic E-state index is 12.8. The third-order valence-electron chi connectivity index (χ3n) is 3.58. The number of carbonyl (C=O) groups is 2. The number of benzene rings is 1. The van der Waals surface area contributed by atoms with Crippen LogP contribution in [0, 0.1) is 19.7 Å². The number of ether oxygens (including phenoxy) is 2. The van der Waals surface area contributed by atoms with Crippen molar-refractivity contribution in [3.8, 4) is 5.75 Å². The Labute approximate surface area is 144 Å². The number of aromatic nitrogens is 2. The van der Waals surface area contributed by atoms with Crippen molar-refractivity contribution in [2.75, 3.05) is 11.9 Å². The van der Waals surface area contributed by atoms with Crippen LogP contribution in [0.15, 0.2) is 24.3 Å². The number of aryl methyl sites for hydroxylation is 2. The molecule has 25 heavy (non-hydrogen) atoms. The first-order valence-corrected chi connectivity index (χ1v) is 7.67. The number of hydrogen-bond donors (Lipinski definition) is 1. The monoisotopic (exact) mass is 349 g/mol. The largest absolute Gasteiger partial charge is 0.479 e. The van der Waals surface area contributed by atoms with Gasteiger partial charge in [-0.15, -0.1) is 0 Å². The lowest BCUT2D eigenvalue weighted by atomic mass is 10.3. The molecule has 0 aliphatic heterocycles. The molecule has 2 aromatic rings.